The topological polar surface area (TPSA) is 22.9 Å². The number of fused-ring (bicyclic) bond motifs is 4. The molecule has 6 aromatic carbocycles. The third-order valence-corrected chi connectivity index (χ3v) is 13.0. The maximum atomic E-state index is 7.63. The zero-order valence-electron chi connectivity index (χ0n) is 39.1. The minimum atomic E-state index is -0.169. The van der Waals surface area contributed by atoms with Gasteiger partial charge in [0.25, 0.3) is 6.71 Å². The van der Waals surface area contributed by atoms with E-state index in [1.807, 2.05) is 0 Å². The molecular weight excluding hydrogens is 753 g/mol. The quantitative estimate of drug-likeness (QED) is 0.161. The van der Waals surface area contributed by atoms with Gasteiger partial charge in [-0.05, 0) is 128 Å². The molecule has 4 nitrogen and oxygen atoms in total. The maximum absolute atomic E-state index is 7.63. The first-order valence-corrected chi connectivity index (χ1v) is 22.4. The Bertz CT molecular complexity index is 2740. The zero-order valence-corrected chi connectivity index (χ0v) is 39.1. The van der Waals surface area contributed by atoms with Gasteiger partial charge in [-0.2, -0.15) is 0 Å². The second-order valence-corrected chi connectivity index (χ2v) is 21.7. The van der Waals surface area contributed by atoms with Crippen LogP contribution in [-0.2, 0) is 21.7 Å². The largest absolute Gasteiger partial charge is 0.452 e. The van der Waals surface area contributed by atoms with E-state index in [1.54, 1.807) is 0 Å². The maximum Gasteiger partial charge on any atom is 0.297 e. The molecule has 0 radical (unpaired) electrons. The molecule has 0 amide bonds. The van der Waals surface area contributed by atoms with Crippen LogP contribution < -0.4 is 31.3 Å². The van der Waals surface area contributed by atoms with Crippen molar-refractivity contribution in [3.63, 3.8) is 0 Å². The van der Waals surface area contributed by atoms with E-state index >= 15 is 0 Å². The highest BCUT2D eigenvalue weighted by Crippen LogP contribution is 2.50. The van der Waals surface area contributed by atoms with Crippen molar-refractivity contribution < 1.29 is 4.42 Å². The number of hydrogen-bond donors (Lipinski definition) is 0. The predicted octanol–water partition coefficient (Wildman–Crippen LogP) is 14.3. The summed E-state index contributed by atoms with van der Waals surface area (Å²) in [5.41, 5.74) is 18.7. The molecule has 0 N–H and O–H groups in total. The lowest BCUT2D eigenvalue weighted by molar-refractivity contribution is 0.589. The average molecular weight is 816 g/mol. The van der Waals surface area contributed by atoms with Crippen molar-refractivity contribution in [3.8, 4) is 0 Å². The average Bonchev–Trinajstić information content (AvgIpc) is 3.55. The molecule has 0 fully saturated rings. The van der Waals surface area contributed by atoms with Gasteiger partial charge < -0.3 is 14.2 Å². The van der Waals surface area contributed by atoms with Crippen molar-refractivity contribution in [2.45, 2.75) is 112 Å². The van der Waals surface area contributed by atoms with E-state index in [1.165, 1.54) is 50.2 Å². The van der Waals surface area contributed by atoms with Crippen molar-refractivity contribution in [1.29, 1.82) is 0 Å². The van der Waals surface area contributed by atoms with E-state index in [-0.39, 0.29) is 28.4 Å². The molecule has 0 saturated heterocycles. The first-order chi connectivity index (χ1) is 29.2. The van der Waals surface area contributed by atoms with Crippen molar-refractivity contribution in [1.82, 2.24) is 0 Å². The van der Waals surface area contributed by atoms with Gasteiger partial charge in [-0.25, -0.2) is 0 Å². The number of hydrogen-bond acceptors (Lipinski definition) is 4. The number of benzene rings is 6. The second-order valence-electron chi connectivity index (χ2n) is 21.7. The number of furan rings is 1. The van der Waals surface area contributed by atoms with Gasteiger partial charge in [0.2, 0.25) is 5.88 Å². The molecule has 0 atom stereocenters. The van der Waals surface area contributed by atoms with Crippen LogP contribution in [0.5, 0.6) is 0 Å². The molecule has 314 valence electrons. The minimum Gasteiger partial charge on any atom is -0.452 e. The van der Waals surface area contributed by atoms with Crippen LogP contribution in [0.15, 0.2) is 144 Å². The first-order valence-electron chi connectivity index (χ1n) is 22.4. The first kappa shape index (κ1) is 41.4. The van der Waals surface area contributed by atoms with Crippen molar-refractivity contribution in [2.24, 2.45) is 0 Å². The predicted molar refractivity (Wildman–Crippen MR) is 267 cm³/mol. The Hall–Kier alpha value is -5.94. The molecule has 0 unspecified atom stereocenters. The van der Waals surface area contributed by atoms with E-state index in [9.17, 15) is 0 Å². The van der Waals surface area contributed by atoms with Gasteiger partial charge in [0.05, 0.1) is 5.69 Å². The van der Waals surface area contributed by atoms with Gasteiger partial charge in [-0.3, -0.25) is 4.90 Å². The summed E-state index contributed by atoms with van der Waals surface area (Å²) in [6.45, 7) is 29.8. The third kappa shape index (κ3) is 7.04. The van der Waals surface area contributed by atoms with Gasteiger partial charge in [-0.15, -0.1) is 0 Å². The molecule has 62 heavy (non-hydrogen) atoms. The van der Waals surface area contributed by atoms with Gasteiger partial charge in [-0.1, -0.05) is 156 Å². The Labute approximate surface area is 371 Å². The van der Waals surface area contributed by atoms with Crippen molar-refractivity contribution in [2.75, 3.05) is 14.7 Å². The normalized spacial score (nSPS) is 13.8. The second kappa shape index (κ2) is 14.6. The van der Waals surface area contributed by atoms with Crippen LogP contribution in [0.4, 0.5) is 51.4 Å². The van der Waals surface area contributed by atoms with E-state index in [4.69, 9.17) is 4.42 Å². The molecule has 2 aliphatic rings. The van der Waals surface area contributed by atoms with Gasteiger partial charge in [0.1, 0.15) is 5.66 Å². The molecule has 3 heterocycles. The van der Waals surface area contributed by atoms with Crippen LogP contribution in [0.2, 0.25) is 0 Å². The summed E-state index contributed by atoms with van der Waals surface area (Å²) in [5.74, 6) is 0.822. The van der Waals surface area contributed by atoms with Crippen LogP contribution in [0.1, 0.15) is 111 Å². The Morgan fingerprint density at radius 1 is 0.452 bits per heavy atom. The monoisotopic (exact) mass is 815 g/mol. The minimum absolute atomic E-state index is 0.0180. The third-order valence-electron chi connectivity index (χ3n) is 13.0. The highest BCUT2D eigenvalue weighted by Gasteiger charge is 2.48. The summed E-state index contributed by atoms with van der Waals surface area (Å²) in [4.78, 5) is 7.34. The fraction of sp³-hybridized carbons (Fsp3) is 0.298. The summed E-state index contributed by atoms with van der Waals surface area (Å²) in [6.07, 6.45) is 0. The smallest absolute Gasteiger partial charge is 0.297 e. The van der Waals surface area contributed by atoms with Crippen LogP contribution in [0.25, 0.3) is 0 Å². The van der Waals surface area contributed by atoms with Gasteiger partial charge in [0, 0.05) is 45.4 Å². The molecule has 7 aromatic rings. The van der Waals surface area contributed by atoms with E-state index in [0.717, 1.165) is 45.5 Å². The fourth-order valence-corrected chi connectivity index (χ4v) is 9.36. The summed E-state index contributed by atoms with van der Waals surface area (Å²) in [7, 11) is 0. The van der Waals surface area contributed by atoms with Crippen LogP contribution >= 0.6 is 0 Å². The summed E-state index contributed by atoms with van der Waals surface area (Å²) >= 11 is 0. The Kier molecular flexibility index (Phi) is 9.74. The Morgan fingerprint density at radius 3 is 1.35 bits per heavy atom. The van der Waals surface area contributed by atoms with Crippen molar-refractivity contribution in [3.05, 3.63) is 167 Å². The number of rotatable bonds is 5. The van der Waals surface area contributed by atoms with Crippen LogP contribution in [0.3, 0.4) is 0 Å². The van der Waals surface area contributed by atoms with Gasteiger partial charge >= 0.3 is 0 Å². The summed E-state index contributed by atoms with van der Waals surface area (Å²) < 4.78 is 7.63. The van der Waals surface area contributed by atoms with Crippen LogP contribution in [0, 0.1) is 6.92 Å². The standard InChI is InChI=1S/C57H62BN3O/c1-37-51-52(62-53(37)59(42-20-16-14-17-21-42)43-22-18-15-19-23-43)58-46-34-40(56(8,9)10)28-33-47(46)60(44-29-24-38(25-30-44)54(2,3)4)48-35-41(57(11,12)13)36-49(50(48)58)61(51)45-31-26-39(27-32-45)55(5,6)7/h14-36H,1-13H3. The summed E-state index contributed by atoms with van der Waals surface area (Å²) in [6, 6.07) is 51.9. The lowest BCUT2D eigenvalue weighted by atomic mass is 9.35. The fourth-order valence-electron chi connectivity index (χ4n) is 9.36. The molecular formula is C57H62BN3O. The highest BCUT2D eigenvalue weighted by molar-refractivity contribution is 6.99. The molecule has 9 rings (SSSR count). The number of anilines is 9. The molecule has 0 aliphatic carbocycles. The SMILES string of the molecule is Cc1c(N(c2ccccc2)c2ccccc2)oc2c1N(c1ccc(C(C)(C)C)cc1)c1cc(C(C)(C)C)cc3c1B2c1cc(C(C)(C)C)ccc1N3c1ccc(C(C)(C)C)cc1. The molecule has 1 aromatic heterocycles. The molecule has 0 bridgehead atoms. The van der Waals surface area contributed by atoms with Gasteiger partial charge in [0.15, 0.2) is 0 Å². The Morgan fingerprint density at radius 2 is 0.887 bits per heavy atom. The molecule has 2 aliphatic heterocycles. The van der Waals surface area contributed by atoms with Crippen molar-refractivity contribution >= 4 is 74.7 Å². The van der Waals surface area contributed by atoms with E-state index in [2.05, 4.69) is 244 Å². The van der Waals surface area contributed by atoms with Crippen LogP contribution in [-0.4, -0.2) is 6.71 Å². The number of para-hydroxylation sites is 2. The number of nitrogens with zero attached hydrogens (tertiary/aromatic N) is 3. The Balaban J connectivity index is 1.41. The summed E-state index contributed by atoms with van der Waals surface area (Å²) in [5, 5.41) is 0. The lowest BCUT2D eigenvalue weighted by Gasteiger charge is -2.44. The highest BCUT2D eigenvalue weighted by atomic mass is 16.4. The van der Waals surface area contributed by atoms with E-state index in [0.29, 0.717) is 0 Å². The molecule has 5 heteroatoms. The zero-order chi connectivity index (χ0) is 44.1. The van der Waals surface area contributed by atoms with E-state index < -0.39 is 0 Å². The molecule has 0 spiro atoms. The molecule has 0 saturated carbocycles. The lowest BCUT2D eigenvalue weighted by Crippen LogP contribution is -2.61.